The molecule has 0 saturated heterocycles. The SMILES string of the molecule is CCC(O)C#Cc1cccnc1. The van der Waals surface area contributed by atoms with Gasteiger partial charge in [0.05, 0.1) is 0 Å². The van der Waals surface area contributed by atoms with Gasteiger partial charge >= 0.3 is 0 Å². The Hall–Kier alpha value is -1.33. The maximum absolute atomic E-state index is 9.13. The van der Waals surface area contributed by atoms with E-state index in [4.69, 9.17) is 5.11 Å². The van der Waals surface area contributed by atoms with Crippen molar-refractivity contribution in [2.45, 2.75) is 19.4 Å². The van der Waals surface area contributed by atoms with Crippen LogP contribution in [0.2, 0.25) is 0 Å². The van der Waals surface area contributed by atoms with E-state index in [1.807, 2.05) is 19.1 Å². The smallest absolute Gasteiger partial charge is 0.114 e. The third-order valence-corrected chi connectivity index (χ3v) is 1.43. The molecule has 0 spiro atoms. The Morgan fingerprint density at radius 3 is 3.08 bits per heavy atom. The van der Waals surface area contributed by atoms with Gasteiger partial charge in [0.1, 0.15) is 6.10 Å². The molecule has 1 unspecified atom stereocenters. The van der Waals surface area contributed by atoms with Crippen LogP contribution in [-0.2, 0) is 0 Å². The van der Waals surface area contributed by atoms with E-state index in [0.717, 1.165) is 5.56 Å². The predicted molar refractivity (Wildman–Crippen MR) is 47.4 cm³/mol. The molecule has 1 rings (SSSR count). The van der Waals surface area contributed by atoms with Gasteiger partial charge in [-0.25, -0.2) is 0 Å². The van der Waals surface area contributed by atoms with Crippen molar-refractivity contribution in [2.75, 3.05) is 0 Å². The summed E-state index contributed by atoms with van der Waals surface area (Å²) in [7, 11) is 0. The fourth-order valence-corrected chi connectivity index (χ4v) is 0.705. The number of pyridine rings is 1. The quantitative estimate of drug-likeness (QED) is 0.628. The van der Waals surface area contributed by atoms with Crippen LogP contribution in [0.4, 0.5) is 0 Å². The molecule has 1 aromatic heterocycles. The second-order valence-electron chi connectivity index (χ2n) is 2.44. The molecular weight excluding hydrogens is 150 g/mol. The van der Waals surface area contributed by atoms with E-state index >= 15 is 0 Å². The lowest BCUT2D eigenvalue weighted by atomic mass is 10.2. The van der Waals surface area contributed by atoms with Gasteiger partial charge in [-0.15, -0.1) is 0 Å². The first-order valence-electron chi connectivity index (χ1n) is 3.92. The maximum Gasteiger partial charge on any atom is 0.114 e. The molecule has 1 N–H and O–H groups in total. The number of nitrogens with zero attached hydrogens (tertiary/aromatic N) is 1. The van der Waals surface area contributed by atoms with Crippen molar-refractivity contribution in [2.24, 2.45) is 0 Å². The number of hydrogen-bond acceptors (Lipinski definition) is 2. The van der Waals surface area contributed by atoms with Crippen LogP contribution < -0.4 is 0 Å². The highest BCUT2D eigenvalue weighted by molar-refractivity contribution is 5.31. The lowest BCUT2D eigenvalue weighted by Gasteiger charge is -1.93. The summed E-state index contributed by atoms with van der Waals surface area (Å²) >= 11 is 0. The number of aliphatic hydroxyl groups excluding tert-OH is 1. The molecule has 62 valence electrons. The first kappa shape index (κ1) is 8.76. The number of rotatable bonds is 1. The molecule has 0 aromatic carbocycles. The number of hydrogen-bond donors (Lipinski definition) is 1. The van der Waals surface area contributed by atoms with Crippen LogP contribution in [0.15, 0.2) is 24.5 Å². The second kappa shape index (κ2) is 4.53. The summed E-state index contributed by atoms with van der Waals surface area (Å²) < 4.78 is 0. The average molecular weight is 161 g/mol. The minimum Gasteiger partial charge on any atom is -0.380 e. The third kappa shape index (κ3) is 2.73. The lowest BCUT2D eigenvalue weighted by Crippen LogP contribution is -1.98. The number of aromatic nitrogens is 1. The molecule has 1 aromatic rings. The van der Waals surface area contributed by atoms with Gasteiger partial charge in [-0.1, -0.05) is 18.8 Å². The molecule has 0 aliphatic carbocycles. The van der Waals surface area contributed by atoms with E-state index in [9.17, 15) is 0 Å². The summed E-state index contributed by atoms with van der Waals surface area (Å²) in [4.78, 5) is 3.90. The van der Waals surface area contributed by atoms with Gasteiger partial charge in [-0.2, -0.15) is 0 Å². The largest absolute Gasteiger partial charge is 0.380 e. The molecule has 12 heavy (non-hydrogen) atoms. The monoisotopic (exact) mass is 161 g/mol. The van der Waals surface area contributed by atoms with Gasteiger partial charge in [-0.05, 0) is 18.6 Å². The van der Waals surface area contributed by atoms with Crippen LogP contribution in [0, 0.1) is 11.8 Å². The van der Waals surface area contributed by atoms with Crippen LogP contribution in [0.25, 0.3) is 0 Å². The van der Waals surface area contributed by atoms with E-state index < -0.39 is 6.10 Å². The van der Waals surface area contributed by atoms with Crippen LogP contribution in [0.3, 0.4) is 0 Å². The Balaban J connectivity index is 2.67. The van der Waals surface area contributed by atoms with Gasteiger partial charge in [0.15, 0.2) is 0 Å². The molecular formula is C10H11NO. The summed E-state index contributed by atoms with van der Waals surface area (Å²) in [5.41, 5.74) is 0.838. The topological polar surface area (TPSA) is 33.1 Å². The molecule has 2 nitrogen and oxygen atoms in total. The molecule has 2 heteroatoms. The summed E-state index contributed by atoms with van der Waals surface area (Å²) in [5, 5.41) is 9.13. The van der Waals surface area contributed by atoms with Crippen molar-refractivity contribution in [3.05, 3.63) is 30.1 Å². The highest BCUT2D eigenvalue weighted by Gasteiger charge is 1.90. The first-order chi connectivity index (χ1) is 5.83. The Bertz CT molecular complexity index is 284. The van der Waals surface area contributed by atoms with Crippen molar-refractivity contribution in [3.63, 3.8) is 0 Å². The zero-order valence-corrected chi connectivity index (χ0v) is 6.99. The van der Waals surface area contributed by atoms with Crippen molar-refractivity contribution in [1.29, 1.82) is 0 Å². The average Bonchev–Trinajstić information content (AvgIpc) is 2.16. The van der Waals surface area contributed by atoms with Crippen LogP contribution in [-0.4, -0.2) is 16.2 Å². The summed E-state index contributed by atoms with van der Waals surface area (Å²) in [6, 6.07) is 3.69. The van der Waals surface area contributed by atoms with Crippen LogP contribution >= 0.6 is 0 Å². The van der Waals surface area contributed by atoms with Gasteiger partial charge in [0.2, 0.25) is 0 Å². The Morgan fingerprint density at radius 1 is 1.67 bits per heavy atom. The second-order valence-corrected chi connectivity index (χ2v) is 2.44. The fourth-order valence-electron chi connectivity index (χ4n) is 0.705. The molecule has 0 fully saturated rings. The van der Waals surface area contributed by atoms with Gasteiger partial charge in [0, 0.05) is 18.0 Å². The normalized spacial score (nSPS) is 11.5. The van der Waals surface area contributed by atoms with Crippen molar-refractivity contribution < 1.29 is 5.11 Å². The van der Waals surface area contributed by atoms with Crippen LogP contribution in [0.1, 0.15) is 18.9 Å². The highest BCUT2D eigenvalue weighted by atomic mass is 16.3. The van der Waals surface area contributed by atoms with E-state index in [1.54, 1.807) is 12.4 Å². The molecule has 1 heterocycles. The van der Waals surface area contributed by atoms with Crippen LogP contribution in [0.5, 0.6) is 0 Å². The van der Waals surface area contributed by atoms with E-state index in [0.29, 0.717) is 6.42 Å². The number of aliphatic hydroxyl groups is 1. The molecule has 0 radical (unpaired) electrons. The van der Waals surface area contributed by atoms with Crippen molar-refractivity contribution in [1.82, 2.24) is 4.98 Å². The van der Waals surface area contributed by atoms with E-state index in [1.165, 1.54) is 0 Å². The lowest BCUT2D eigenvalue weighted by molar-refractivity contribution is 0.228. The van der Waals surface area contributed by atoms with Crippen molar-refractivity contribution in [3.8, 4) is 11.8 Å². The molecule has 0 amide bonds. The van der Waals surface area contributed by atoms with Gasteiger partial charge in [0.25, 0.3) is 0 Å². The van der Waals surface area contributed by atoms with E-state index in [2.05, 4.69) is 16.8 Å². The zero-order valence-electron chi connectivity index (χ0n) is 6.99. The molecule has 0 saturated carbocycles. The Morgan fingerprint density at radius 2 is 2.50 bits per heavy atom. The zero-order chi connectivity index (χ0) is 8.81. The fraction of sp³-hybridized carbons (Fsp3) is 0.300. The van der Waals surface area contributed by atoms with Gasteiger partial charge < -0.3 is 5.11 Å². The maximum atomic E-state index is 9.13. The Labute approximate surface area is 72.3 Å². The van der Waals surface area contributed by atoms with E-state index in [-0.39, 0.29) is 0 Å². The minimum atomic E-state index is -0.523. The summed E-state index contributed by atoms with van der Waals surface area (Å²) in [6.45, 7) is 1.89. The highest BCUT2D eigenvalue weighted by Crippen LogP contribution is 1.93. The molecule has 1 atom stereocenters. The Kier molecular flexibility index (Phi) is 3.31. The third-order valence-electron chi connectivity index (χ3n) is 1.43. The molecule has 0 aliphatic rings. The molecule has 0 bridgehead atoms. The standard InChI is InChI=1S/C10H11NO/c1-2-10(12)6-5-9-4-3-7-11-8-9/h3-4,7-8,10,12H,2H2,1H3. The first-order valence-corrected chi connectivity index (χ1v) is 3.92. The minimum absolute atomic E-state index is 0.523. The van der Waals surface area contributed by atoms with Crippen molar-refractivity contribution >= 4 is 0 Å². The molecule has 0 aliphatic heterocycles. The van der Waals surface area contributed by atoms with Gasteiger partial charge in [-0.3, -0.25) is 4.98 Å². The summed E-state index contributed by atoms with van der Waals surface area (Å²) in [6.07, 6.45) is 3.51. The predicted octanol–water partition coefficient (Wildman–Crippen LogP) is 1.20. The summed E-state index contributed by atoms with van der Waals surface area (Å²) in [5.74, 6) is 5.55.